The van der Waals surface area contributed by atoms with Crippen molar-refractivity contribution in [2.45, 2.75) is 67.7 Å². The molecular weight excluding hydrogens is 180 g/mol. The second kappa shape index (κ2) is 2.63. The fraction of sp³-hybridized carbons (Fsp3) is 1.00. The molecule has 88 valence electrons. The summed E-state index contributed by atoms with van der Waals surface area (Å²) in [5, 5.41) is 0. The molecule has 2 fully saturated rings. The molecule has 3 unspecified atom stereocenters. The standard InChI is InChI=1S/C15H28/c1-12(2,3)15(7)10-11-8-9-14(15,6)13(11,4)5/h11H,8-10H2,1-7H3. The van der Waals surface area contributed by atoms with Crippen molar-refractivity contribution in [3.8, 4) is 0 Å². The summed E-state index contributed by atoms with van der Waals surface area (Å²) in [7, 11) is 0. The van der Waals surface area contributed by atoms with Gasteiger partial charge in [-0.2, -0.15) is 0 Å². The summed E-state index contributed by atoms with van der Waals surface area (Å²) in [5.41, 5.74) is 2.05. The topological polar surface area (TPSA) is 0 Å². The van der Waals surface area contributed by atoms with Crippen LogP contribution in [0.3, 0.4) is 0 Å². The first-order chi connectivity index (χ1) is 6.56. The van der Waals surface area contributed by atoms with Crippen molar-refractivity contribution in [1.82, 2.24) is 0 Å². The Bertz CT molecular complexity index is 279. The van der Waals surface area contributed by atoms with Crippen LogP contribution in [0.2, 0.25) is 0 Å². The molecule has 0 aromatic carbocycles. The monoisotopic (exact) mass is 208 g/mol. The Hall–Kier alpha value is 0. The molecule has 0 saturated heterocycles. The Balaban J connectivity index is 2.50. The molecule has 0 aliphatic heterocycles. The maximum atomic E-state index is 2.56. The number of hydrogen-bond acceptors (Lipinski definition) is 0. The molecule has 0 N–H and O–H groups in total. The van der Waals surface area contributed by atoms with Crippen molar-refractivity contribution in [2.24, 2.45) is 27.6 Å². The highest BCUT2D eigenvalue weighted by atomic mass is 14.7. The van der Waals surface area contributed by atoms with E-state index in [-0.39, 0.29) is 0 Å². The van der Waals surface area contributed by atoms with E-state index < -0.39 is 0 Å². The van der Waals surface area contributed by atoms with Crippen LogP contribution in [0.25, 0.3) is 0 Å². The van der Waals surface area contributed by atoms with Crippen LogP contribution in [0.15, 0.2) is 0 Å². The van der Waals surface area contributed by atoms with Crippen LogP contribution in [0.1, 0.15) is 67.7 Å². The highest BCUT2D eigenvalue weighted by molar-refractivity contribution is 5.17. The summed E-state index contributed by atoms with van der Waals surface area (Å²) in [4.78, 5) is 0. The van der Waals surface area contributed by atoms with Crippen LogP contribution in [0, 0.1) is 27.6 Å². The highest BCUT2D eigenvalue weighted by Gasteiger charge is 2.69. The molecule has 0 aromatic heterocycles. The lowest BCUT2D eigenvalue weighted by Crippen LogP contribution is -2.47. The van der Waals surface area contributed by atoms with E-state index >= 15 is 0 Å². The first-order valence-corrected chi connectivity index (χ1v) is 6.56. The largest absolute Gasteiger partial charge is 0.0596 e. The van der Waals surface area contributed by atoms with Gasteiger partial charge in [-0.1, -0.05) is 48.5 Å². The molecule has 15 heavy (non-hydrogen) atoms. The fourth-order valence-electron chi connectivity index (χ4n) is 4.79. The minimum absolute atomic E-state index is 0.439. The number of rotatable bonds is 0. The molecule has 0 spiro atoms. The third kappa shape index (κ3) is 1.04. The molecule has 0 nitrogen and oxygen atoms in total. The maximum Gasteiger partial charge on any atom is -0.0213 e. The van der Waals surface area contributed by atoms with E-state index in [2.05, 4.69) is 48.5 Å². The van der Waals surface area contributed by atoms with E-state index in [1.165, 1.54) is 19.3 Å². The van der Waals surface area contributed by atoms with Gasteiger partial charge in [-0.3, -0.25) is 0 Å². The van der Waals surface area contributed by atoms with Crippen molar-refractivity contribution >= 4 is 0 Å². The van der Waals surface area contributed by atoms with Crippen LogP contribution in [-0.4, -0.2) is 0 Å². The smallest absolute Gasteiger partial charge is 0.0213 e. The van der Waals surface area contributed by atoms with Gasteiger partial charge in [-0.25, -0.2) is 0 Å². The van der Waals surface area contributed by atoms with Crippen LogP contribution in [0.5, 0.6) is 0 Å². The quantitative estimate of drug-likeness (QED) is 0.532. The first kappa shape index (κ1) is 11.5. The summed E-state index contributed by atoms with van der Waals surface area (Å²) in [6.45, 7) is 17.5. The molecule has 0 heterocycles. The number of hydrogen-bond donors (Lipinski definition) is 0. The Labute approximate surface area is 95.8 Å². The third-order valence-electron chi connectivity index (χ3n) is 6.96. The molecule has 2 aliphatic carbocycles. The highest BCUT2D eigenvalue weighted by Crippen LogP contribution is 2.76. The summed E-state index contributed by atoms with van der Waals surface area (Å²) >= 11 is 0. The lowest BCUT2D eigenvalue weighted by molar-refractivity contribution is -0.0553. The van der Waals surface area contributed by atoms with Crippen LogP contribution < -0.4 is 0 Å². The van der Waals surface area contributed by atoms with Gasteiger partial charge in [0.1, 0.15) is 0 Å². The van der Waals surface area contributed by atoms with Crippen molar-refractivity contribution in [1.29, 1.82) is 0 Å². The van der Waals surface area contributed by atoms with Crippen LogP contribution in [-0.2, 0) is 0 Å². The predicted octanol–water partition coefficient (Wildman–Crippen LogP) is 4.89. The SMILES string of the molecule is CC(C)(C)C1(C)CC2CCC1(C)C2(C)C. The van der Waals surface area contributed by atoms with Gasteiger partial charge >= 0.3 is 0 Å². The summed E-state index contributed by atoms with van der Waals surface area (Å²) < 4.78 is 0. The second-order valence-electron chi connectivity index (χ2n) is 8.08. The van der Waals surface area contributed by atoms with E-state index in [4.69, 9.17) is 0 Å². The number of fused-ring (bicyclic) bond motifs is 2. The van der Waals surface area contributed by atoms with Gasteiger partial charge in [0.2, 0.25) is 0 Å². The van der Waals surface area contributed by atoms with Crippen LogP contribution in [0.4, 0.5) is 0 Å². The van der Waals surface area contributed by atoms with Crippen molar-refractivity contribution < 1.29 is 0 Å². The molecular formula is C15H28. The molecule has 0 aromatic rings. The molecule has 0 heteroatoms. The van der Waals surface area contributed by atoms with E-state index in [9.17, 15) is 0 Å². The molecule has 2 saturated carbocycles. The Morgan fingerprint density at radius 1 is 1.00 bits per heavy atom. The molecule has 0 amide bonds. The lowest BCUT2D eigenvalue weighted by Gasteiger charge is -2.54. The van der Waals surface area contributed by atoms with Crippen LogP contribution >= 0.6 is 0 Å². The van der Waals surface area contributed by atoms with Crippen molar-refractivity contribution in [3.05, 3.63) is 0 Å². The first-order valence-electron chi connectivity index (χ1n) is 6.56. The molecule has 2 bridgehead atoms. The third-order valence-corrected chi connectivity index (χ3v) is 6.96. The van der Waals surface area contributed by atoms with E-state index in [0.717, 1.165) is 5.92 Å². The predicted molar refractivity (Wildman–Crippen MR) is 66.8 cm³/mol. The molecule has 2 aliphatic rings. The van der Waals surface area contributed by atoms with Gasteiger partial charge in [0.25, 0.3) is 0 Å². The zero-order chi connectivity index (χ0) is 11.7. The Morgan fingerprint density at radius 2 is 1.53 bits per heavy atom. The maximum absolute atomic E-state index is 2.56. The minimum Gasteiger partial charge on any atom is -0.0596 e. The molecule has 0 radical (unpaired) electrons. The summed E-state index contributed by atoms with van der Waals surface area (Å²) in [6.07, 6.45) is 4.35. The summed E-state index contributed by atoms with van der Waals surface area (Å²) in [5.74, 6) is 0.965. The lowest BCUT2D eigenvalue weighted by atomic mass is 9.50. The van der Waals surface area contributed by atoms with Gasteiger partial charge in [0, 0.05) is 0 Å². The second-order valence-corrected chi connectivity index (χ2v) is 8.08. The van der Waals surface area contributed by atoms with E-state index in [0.29, 0.717) is 21.7 Å². The van der Waals surface area contributed by atoms with E-state index in [1.807, 2.05) is 0 Å². The average Bonchev–Trinajstić information content (AvgIpc) is 2.34. The Morgan fingerprint density at radius 3 is 1.73 bits per heavy atom. The minimum atomic E-state index is 0.439. The van der Waals surface area contributed by atoms with E-state index in [1.54, 1.807) is 0 Å². The Kier molecular flexibility index (Phi) is 2.01. The zero-order valence-electron chi connectivity index (χ0n) is 11.7. The fourth-order valence-corrected chi connectivity index (χ4v) is 4.79. The summed E-state index contributed by atoms with van der Waals surface area (Å²) in [6, 6.07) is 0. The van der Waals surface area contributed by atoms with Gasteiger partial charge < -0.3 is 0 Å². The van der Waals surface area contributed by atoms with Crippen molar-refractivity contribution in [2.75, 3.05) is 0 Å². The molecule has 3 atom stereocenters. The van der Waals surface area contributed by atoms with Gasteiger partial charge in [0.05, 0.1) is 0 Å². The van der Waals surface area contributed by atoms with Gasteiger partial charge in [-0.05, 0) is 46.8 Å². The molecule has 2 rings (SSSR count). The van der Waals surface area contributed by atoms with Crippen molar-refractivity contribution in [3.63, 3.8) is 0 Å². The zero-order valence-corrected chi connectivity index (χ0v) is 11.7. The van der Waals surface area contributed by atoms with Gasteiger partial charge in [0.15, 0.2) is 0 Å². The van der Waals surface area contributed by atoms with Gasteiger partial charge in [-0.15, -0.1) is 0 Å². The normalized spacial score (nSPS) is 48.6. The average molecular weight is 208 g/mol.